The number of nitrogens with zero attached hydrogens (tertiary/aromatic N) is 2. The molecule has 0 radical (unpaired) electrons. The lowest BCUT2D eigenvalue weighted by atomic mass is 9.72. The number of hydrogen-bond donors (Lipinski definition) is 3. The molecule has 4 aliphatic rings. The van der Waals surface area contributed by atoms with E-state index < -0.39 is 59.3 Å². The maximum atomic E-state index is 14.0. The Morgan fingerprint density at radius 2 is 1.92 bits per heavy atom. The smallest absolute Gasteiger partial charge is 0.409 e. The fraction of sp³-hybridized carbons (Fsp3) is 0.600. The maximum absolute atomic E-state index is 14.0. The van der Waals surface area contributed by atoms with Gasteiger partial charge in [-0.1, -0.05) is 35.4 Å². The molecule has 1 aromatic carbocycles. The van der Waals surface area contributed by atoms with Crippen LogP contribution in [0.1, 0.15) is 58.9 Å². The highest BCUT2D eigenvalue weighted by atomic mass is 35.5. The molecule has 3 amide bonds. The van der Waals surface area contributed by atoms with Crippen molar-refractivity contribution in [1.29, 1.82) is 0 Å². The number of amides is 3. The van der Waals surface area contributed by atoms with Crippen molar-refractivity contribution < 1.29 is 48.0 Å². The van der Waals surface area contributed by atoms with Gasteiger partial charge in [0.1, 0.15) is 46.3 Å². The molecule has 2 N–H and O–H groups in total. The summed E-state index contributed by atoms with van der Waals surface area (Å²) in [6, 6.07) is 2.60. The van der Waals surface area contributed by atoms with E-state index in [0.717, 1.165) is 11.1 Å². The summed E-state index contributed by atoms with van der Waals surface area (Å²) >= 11 is 10.8. The number of likely N-dealkylation sites (N-methyl/N-ethyl adjacent to an activating group) is 1. The van der Waals surface area contributed by atoms with Crippen molar-refractivity contribution in [3.63, 3.8) is 0 Å². The van der Waals surface area contributed by atoms with E-state index >= 15 is 0 Å². The number of allylic oxidation sites excluding steroid dienone is 3. The molecular formula is C35H48ClN3O10S. The lowest BCUT2D eigenvalue weighted by Gasteiger charge is -2.59. The Labute approximate surface area is 303 Å². The first-order chi connectivity index (χ1) is 23.4. The Kier molecular flexibility index (Phi) is 12.3. The number of fused-ring (bicyclic) bond motifs is 6. The average Bonchev–Trinajstić information content (AvgIpc) is 3.04. The lowest BCUT2D eigenvalue weighted by Crippen LogP contribution is -2.72. The largest absolute Gasteiger partial charge is 0.495 e. The zero-order valence-electron chi connectivity index (χ0n) is 29.8. The normalized spacial score (nSPS) is 32.3. The van der Waals surface area contributed by atoms with E-state index in [1.54, 1.807) is 45.2 Å². The van der Waals surface area contributed by atoms with Crippen LogP contribution in [-0.4, -0.2) is 109 Å². The second-order valence-corrected chi connectivity index (χ2v) is 14.5. The van der Waals surface area contributed by atoms with E-state index in [9.17, 15) is 24.3 Å². The van der Waals surface area contributed by atoms with Crippen LogP contribution in [-0.2, 0) is 39.8 Å². The van der Waals surface area contributed by atoms with Gasteiger partial charge in [-0.25, -0.2) is 9.59 Å². The summed E-state index contributed by atoms with van der Waals surface area (Å²) in [5, 5.41) is 14.4. The minimum atomic E-state index is -1.85. The van der Waals surface area contributed by atoms with Gasteiger partial charge in [-0.3, -0.25) is 14.9 Å². The van der Waals surface area contributed by atoms with Crippen molar-refractivity contribution in [3.05, 3.63) is 46.5 Å². The van der Waals surface area contributed by atoms with Crippen LogP contribution in [0, 0.1) is 0 Å². The minimum Gasteiger partial charge on any atom is -0.495 e. The van der Waals surface area contributed by atoms with Crippen LogP contribution >= 0.6 is 24.2 Å². The van der Waals surface area contributed by atoms with Crippen molar-refractivity contribution in [1.82, 2.24) is 10.2 Å². The van der Waals surface area contributed by atoms with E-state index in [4.69, 9.17) is 35.3 Å². The molecule has 13 nitrogen and oxygen atoms in total. The topological polar surface area (TPSA) is 153 Å². The number of aliphatic hydroxyl groups is 1. The van der Waals surface area contributed by atoms with Crippen molar-refractivity contribution in [2.24, 2.45) is 0 Å². The van der Waals surface area contributed by atoms with Gasteiger partial charge in [-0.05, 0) is 57.6 Å². The molecule has 50 heavy (non-hydrogen) atoms. The Bertz CT molecular complexity index is 1550. The summed E-state index contributed by atoms with van der Waals surface area (Å²) in [4.78, 5) is 55.6. The monoisotopic (exact) mass is 737 g/mol. The van der Waals surface area contributed by atoms with E-state index in [1.165, 1.54) is 38.0 Å². The standard InChI is InChI=1S/C35H48ClN3O10S/c1-20-10-9-11-25(46-8)35(44)18-27(48-32(43)37-35)34(4)19-33(3,49-34)26(47-31(42)21(2)38(5)28(40)12-13-50)17-29(41)39(6)23-15-22(14-20)16-24(45-7)30(23)36/h9-11,15-16,21,25-27,44,50H,12-14,17-19H2,1-8H3,(H,37,43)/b11-9+,20-10+/t21-,25?,26?,27?,33?,34?,35?/m0/s1. The highest BCUT2D eigenvalue weighted by Gasteiger charge is 2.63. The highest BCUT2D eigenvalue weighted by Crippen LogP contribution is 2.50. The SMILES string of the molecule is COc1cc2cc(c1Cl)N(C)C(=O)CC(OC(=O)[C@H](C)N(C)C(=O)CCS)C1(C)CC(C)(O1)C1CC(O)(NC(=O)O1)C(OC)/C=C/C=C(\C)C2. The first-order valence-corrected chi connectivity index (χ1v) is 17.4. The zero-order chi connectivity index (χ0) is 37.2. The van der Waals surface area contributed by atoms with Gasteiger partial charge in [0.2, 0.25) is 11.8 Å². The third-order valence-corrected chi connectivity index (χ3v) is 10.4. The highest BCUT2D eigenvalue weighted by molar-refractivity contribution is 7.80. The number of carbonyl (C=O) groups excluding carboxylic acids is 4. The molecule has 4 aliphatic heterocycles. The number of benzene rings is 1. The van der Waals surface area contributed by atoms with Gasteiger partial charge in [0, 0.05) is 40.5 Å². The molecule has 276 valence electrons. The Hall–Kier alpha value is -3.30. The molecule has 5 rings (SSSR count). The summed E-state index contributed by atoms with van der Waals surface area (Å²) in [6.07, 6.45) is 1.68. The Balaban J connectivity index is 1.78. The number of methoxy groups -OCH3 is 2. The third-order valence-electron chi connectivity index (χ3n) is 9.76. The number of anilines is 1. The Morgan fingerprint density at radius 1 is 1.24 bits per heavy atom. The molecular weight excluding hydrogens is 690 g/mol. The number of thiol groups is 1. The number of hydrogen-bond acceptors (Lipinski definition) is 11. The number of halogens is 1. The number of rotatable bonds is 7. The first kappa shape index (κ1) is 39.5. The van der Waals surface area contributed by atoms with Gasteiger partial charge < -0.3 is 38.6 Å². The molecule has 0 saturated carbocycles. The van der Waals surface area contributed by atoms with Crippen molar-refractivity contribution >= 4 is 53.8 Å². The van der Waals surface area contributed by atoms with Crippen LogP contribution in [0.4, 0.5) is 10.5 Å². The lowest BCUT2D eigenvalue weighted by molar-refractivity contribution is -0.328. The molecule has 1 aromatic rings. The van der Waals surface area contributed by atoms with Crippen LogP contribution in [0.3, 0.4) is 0 Å². The molecule has 0 aliphatic carbocycles. The number of esters is 1. The van der Waals surface area contributed by atoms with Crippen molar-refractivity contribution in [3.8, 4) is 5.75 Å². The molecule has 6 bridgehead atoms. The molecule has 6 unspecified atom stereocenters. The molecule has 2 saturated heterocycles. The van der Waals surface area contributed by atoms with E-state index in [-0.39, 0.29) is 36.6 Å². The van der Waals surface area contributed by atoms with Crippen LogP contribution in [0.25, 0.3) is 0 Å². The first-order valence-electron chi connectivity index (χ1n) is 16.4. The van der Waals surface area contributed by atoms with Crippen LogP contribution in [0.5, 0.6) is 5.75 Å². The predicted octanol–water partition coefficient (Wildman–Crippen LogP) is 3.98. The van der Waals surface area contributed by atoms with Crippen molar-refractivity contribution in [2.45, 2.75) is 101 Å². The van der Waals surface area contributed by atoms with Gasteiger partial charge >= 0.3 is 12.1 Å². The fourth-order valence-electron chi connectivity index (χ4n) is 6.78. The number of ether oxygens (including phenoxy) is 5. The van der Waals surface area contributed by atoms with Gasteiger partial charge in [0.25, 0.3) is 0 Å². The van der Waals surface area contributed by atoms with E-state index in [2.05, 4.69) is 17.9 Å². The fourth-order valence-corrected chi connectivity index (χ4v) is 7.29. The van der Waals surface area contributed by atoms with E-state index in [1.807, 2.05) is 13.0 Å². The number of alkyl carbamates (subject to hydrolysis) is 1. The van der Waals surface area contributed by atoms with Gasteiger partial charge in [0.15, 0.2) is 5.72 Å². The predicted molar refractivity (Wildman–Crippen MR) is 189 cm³/mol. The van der Waals surface area contributed by atoms with Crippen LogP contribution < -0.4 is 15.0 Å². The summed E-state index contributed by atoms with van der Waals surface area (Å²) in [5.41, 5.74) is -2.11. The zero-order valence-corrected chi connectivity index (χ0v) is 31.4. The molecule has 15 heteroatoms. The summed E-state index contributed by atoms with van der Waals surface area (Å²) < 4.78 is 29.3. The quantitative estimate of drug-likeness (QED) is 0.277. The summed E-state index contributed by atoms with van der Waals surface area (Å²) in [7, 11) is 5.97. The van der Waals surface area contributed by atoms with Gasteiger partial charge in [0.05, 0.1) is 19.2 Å². The average molecular weight is 738 g/mol. The molecule has 2 fully saturated rings. The van der Waals surface area contributed by atoms with Crippen LogP contribution in [0.15, 0.2) is 35.9 Å². The Morgan fingerprint density at radius 3 is 2.54 bits per heavy atom. The van der Waals surface area contributed by atoms with Gasteiger partial charge in [-0.15, -0.1) is 0 Å². The number of carbonyl (C=O) groups is 4. The number of nitrogens with one attached hydrogen (secondary N) is 1. The molecule has 4 heterocycles. The van der Waals surface area contributed by atoms with E-state index in [0.29, 0.717) is 23.6 Å². The van der Waals surface area contributed by atoms with Gasteiger partial charge in [-0.2, -0.15) is 12.6 Å². The van der Waals surface area contributed by atoms with Crippen LogP contribution in [0.2, 0.25) is 5.02 Å². The van der Waals surface area contributed by atoms with Crippen molar-refractivity contribution in [2.75, 3.05) is 39.0 Å². The summed E-state index contributed by atoms with van der Waals surface area (Å²) in [5.74, 6) is -0.793. The maximum Gasteiger partial charge on any atom is 0.409 e. The molecule has 7 atom stereocenters. The molecule has 0 aromatic heterocycles. The second kappa shape index (κ2) is 15.5. The summed E-state index contributed by atoms with van der Waals surface area (Å²) in [6.45, 7) is 6.88. The second-order valence-electron chi connectivity index (χ2n) is 13.7. The molecule has 0 spiro atoms. The minimum absolute atomic E-state index is 0.0950. The third kappa shape index (κ3) is 8.25.